The summed E-state index contributed by atoms with van der Waals surface area (Å²) in [5.74, 6) is 0.949. The maximum absolute atomic E-state index is 11.5. The standard InChI is InChI=1S/C13H26N2O2/c1-11(16)10-14-8-9-15-13(17)7-6-12-4-2-3-5-12/h11-12,14,16H,2-10H2,1H3,(H,15,17). The van der Waals surface area contributed by atoms with Gasteiger partial charge in [-0.1, -0.05) is 25.7 Å². The summed E-state index contributed by atoms with van der Waals surface area (Å²) in [4.78, 5) is 11.5. The van der Waals surface area contributed by atoms with Gasteiger partial charge in [0.25, 0.3) is 0 Å². The molecular formula is C13H26N2O2. The molecule has 1 saturated carbocycles. The third-order valence-corrected chi connectivity index (χ3v) is 3.32. The van der Waals surface area contributed by atoms with Crippen LogP contribution in [0.25, 0.3) is 0 Å². The summed E-state index contributed by atoms with van der Waals surface area (Å²) >= 11 is 0. The highest BCUT2D eigenvalue weighted by atomic mass is 16.3. The minimum Gasteiger partial charge on any atom is -0.392 e. The second-order valence-corrected chi connectivity index (χ2v) is 5.09. The Bertz CT molecular complexity index is 213. The van der Waals surface area contributed by atoms with Crippen molar-refractivity contribution >= 4 is 5.91 Å². The lowest BCUT2D eigenvalue weighted by Gasteiger charge is -2.10. The van der Waals surface area contributed by atoms with Gasteiger partial charge in [0.1, 0.15) is 0 Å². The van der Waals surface area contributed by atoms with Gasteiger partial charge in [-0.3, -0.25) is 4.79 Å². The van der Waals surface area contributed by atoms with Crippen molar-refractivity contribution in [2.45, 2.75) is 51.6 Å². The van der Waals surface area contributed by atoms with Gasteiger partial charge in [-0.25, -0.2) is 0 Å². The highest BCUT2D eigenvalue weighted by Gasteiger charge is 2.15. The van der Waals surface area contributed by atoms with Crippen LogP contribution in [0.2, 0.25) is 0 Å². The Labute approximate surface area is 104 Å². The minimum absolute atomic E-state index is 0.163. The van der Waals surface area contributed by atoms with Gasteiger partial charge in [-0.05, 0) is 19.3 Å². The zero-order valence-electron chi connectivity index (χ0n) is 10.9. The van der Waals surface area contributed by atoms with E-state index in [0.29, 0.717) is 19.5 Å². The number of aliphatic hydroxyl groups is 1. The molecule has 1 aliphatic carbocycles. The van der Waals surface area contributed by atoms with Crippen molar-refractivity contribution in [2.75, 3.05) is 19.6 Å². The third kappa shape index (κ3) is 7.34. The molecular weight excluding hydrogens is 216 g/mol. The number of rotatable bonds is 8. The summed E-state index contributed by atoms with van der Waals surface area (Å²) < 4.78 is 0. The van der Waals surface area contributed by atoms with Crippen LogP contribution in [0.1, 0.15) is 45.4 Å². The highest BCUT2D eigenvalue weighted by Crippen LogP contribution is 2.28. The molecule has 4 heteroatoms. The average molecular weight is 242 g/mol. The van der Waals surface area contributed by atoms with Crippen molar-refractivity contribution in [3.63, 3.8) is 0 Å². The first-order chi connectivity index (χ1) is 8.18. The van der Waals surface area contributed by atoms with E-state index >= 15 is 0 Å². The molecule has 100 valence electrons. The van der Waals surface area contributed by atoms with E-state index in [0.717, 1.165) is 18.9 Å². The summed E-state index contributed by atoms with van der Waals surface area (Å²) in [6, 6.07) is 0. The zero-order chi connectivity index (χ0) is 12.5. The average Bonchev–Trinajstić information content (AvgIpc) is 2.78. The van der Waals surface area contributed by atoms with E-state index in [1.54, 1.807) is 6.92 Å². The van der Waals surface area contributed by atoms with Crippen molar-refractivity contribution in [3.8, 4) is 0 Å². The van der Waals surface area contributed by atoms with E-state index in [-0.39, 0.29) is 12.0 Å². The van der Waals surface area contributed by atoms with Crippen molar-refractivity contribution < 1.29 is 9.90 Å². The molecule has 0 bridgehead atoms. The Morgan fingerprint density at radius 1 is 1.35 bits per heavy atom. The Morgan fingerprint density at radius 2 is 2.06 bits per heavy atom. The van der Waals surface area contributed by atoms with Crippen molar-refractivity contribution in [3.05, 3.63) is 0 Å². The summed E-state index contributed by atoms with van der Waals surface area (Å²) in [6.45, 7) is 3.70. The molecule has 0 saturated heterocycles. The Balaban J connectivity index is 1.90. The lowest BCUT2D eigenvalue weighted by atomic mass is 10.0. The quantitative estimate of drug-likeness (QED) is 0.557. The number of hydrogen-bond donors (Lipinski definition) is 3. The molecule has 0 heterocycles. The van der Waals surface area contributed by atoms with Crippen LogP contribution in [0, 0.1) is 5.92 Å². The molecule has 1 atom stereocenters. The van der Waals surface area contributed by atoms with E-state index in [4.69, 9.17) is 5.11 Å². The van der Waals surface area contributed by atoms with Crippen molar-refractivity contribution in [2.24, 2.45) is 5.92 Å². The van der Waals surface area contributed by atoms with Gasteiger partial charge in [-0.2, -0.15) is 0 Å². The number of aliphatic hydroxyl groups excluding tert-OH is 1. The smallest absolute Gasteiger partial charge is 0.220 e. The molecule has 1 amide bonds. The molecule has 3 N–H and O–H groups in total. The van der Waals surface area contributed by atoms with Crippen molar-refractivity contribution in [1.29, 1.82) is 0 Å². The van der Waals surface area contributed by atoms with Crippen LogP contribution in [0.5, 0.6) is 0 Å². The molecule has 0 aromatic heterocycles. The molecule has 1 fully saturated rings. The van der Waals surface area contributed by atoms with E-state index in [2.05, 4.69) is 10.6 Å². The van der Waals surface area contributed by atoms with Crippen LogP contribution in [0.4, 0.5) is 0 Å². The molecule has 0 spiro atoms. The number of carbonyl (C=O) groups excluding carboxylic acids is 1. The zero-order valence-corrected chi connectivity index (χ0v) is 10.9. The predicted octanol–water partition coefficient (Wildman–Crippen LogP) is 1.04. The lowest BCUT2D eigenvalue weighted by molar-refractivity contribution is -0.121. The summed E-state index contributed by atoms with van der Waals surface area (Å²) in [6.07, 6.45) is 6.69. The number of carbonyl (C=O) groups is 1. The first-order valence-corrected chi connectivity index (χ1v) is 6.84. The minimum atomic E-state index is -0.326. The molecule has 0 radical (unpaired) electrons. The Kier molecular flexibility index (Phi) is 7.21. The van der Waals surface area contributed by atoms with E-state index in [1.165, 1.54) is 25.7 Å². The monoisotopic (exact) mass is 242 g/mol. The summed E-state index contributed by atoms with van der Waals surface area (Å²) in [7, 11) is 0. The number of hydrogen-bond acceptors (Lipinski definition) is 3. The summed E-state index contributed by atoms with van der Waals surface area (Å²) in [5.41, 5.74) is 0. The Hall–Kier alpha value is -0.610. The van der Waals surface area contributed by atoms with E-state index in [1.807, 2.05) is 0 Å². The van der Waals surface area contributed by atoms with Crippen LogP contribution in [0.3, 0.4) is 0 Å². The first-order valence-electron chi connectivity index (χ1n) is 6.84. The van der Waals surface area contributed by atoms with Crippen LogP contribution in [-0.2, 0) is 4.79 Å². The van der Waals surface area contributed by atoms with E-state index < -0.39 is 0 Å². The fraction of sp³-hybridized carbons (Fsp3) is 0.923. The molecule has 1 rings (SSSR count). The van der Waals surface area contributed by atoms with E-state index in [9.17, 15) is 4.79 Å². The van der Waals surface area contributed by atoms with Crippen molar-refractivity contribution in [1.82, 2.24) is 10.6 Å². The molecule has 0 aromatic carbocycles. The lowest BCUT2D eigenvalue weighted by Crippen LogP contribution is -2.34. The van der Waals surface area contributed by atoms with Crippen LogP contribution in [-0.4, -0.2) is 36.8 Å². The Morgan fingerprint density at radius 3 is 2.71 bits per heavy atom. The topological polar surface area (TPSA) is 61.4 Å². The fourth-order valence-corrected chi connectivity index (χ4v) is 2.32. The molecule has 0 aliphatic heterocycles. The molecule has 1 aliphatic rings. The van der Waals surface area contributed by atoms with Gasteiger partial charge >= 0.3 is 0 Å². The maximum Gasteiger partial charge on any atom is 0.220 e. The molecule has 17 heavy (non-hydrogen) atoms. The highest BCUT2D eigenvalue weighted by molar-refractivity contribution is 5.75. The van der Waals surface area contributed by atoms with Gasteiger partial charge in [-0.15, -0.1) is 0 Å². The van der Waals surface area contributed by atoms with Crippen LogP contribution in [0.15, 0.2) is 0 Å². The first kappa shape index (κ1) is 14.5. The number of nitrogens with one attached hydrogen (secondary N) is 2. The second-order valence-electron chi connectivity index (χ2n) is 5.09. The SMILES string of the molecule is CC(O)CNCCNC(=O)CCC1CCCC1. The van der Waals surface area contributed by atoms with Gasteiger partial charge in [0.05, 0.1) is 6.10 Å². The van der Waals surface area contributed by atoms with Crippen LogP contribution < -0.4 is 10.6 Å². The normalized spacial score (nSPS) is 18.2. The molecule has 0 aromatic rings. The molecule has 1 unspecified atom stereocenters. The number of amides is 1. The van der Waals surface area contributed by atoms with Crippen LogP contribution >= 0.6 is 0 Å². The third-order valence-electron chi connectivity index (χ3n) is 3.32. The van der Waals surface area contributed by atoms with Gasteiger partial charge < -0.3 is 15.7 Å². The second kappa shape index (κ2) is 8.48. The summed E-state index contributed by atoms with van der Waals surface area (Å²) in [5, 5.41) is 15.0. The van der Waals surface area contributed by atoms with Gasteiger partial charge in [0.2, 0.25) is 5.91 Å². The molecule has 4 nitrogen and oxygen atoms in total. The fourth-order valence-electron chi connectivity index (χ4n) is 2.32. The maximum atomic E-state index is 11.5. The largest absolute Gasteiger partial charge is 0.392 e. The predicted molar refractivity (Wildman–Crippen MR) is 68.8 cm³/mol. The van der Waals surface area contributed by atoms with Gasteiger partial charge in [0, 0.05) is 26.1 Å². The van der Waals surface area contributed by atoms with Gasteiger partial charge in [0.15, 0.2) is 0 Å².